The Morgan fingerprint density at radius 1 is 1.04 bits per heavy atom. The van der Waals surface area contributed by atoms with Gasteiger partial charge in [0.1, 0.15) is 5.75 Å². The molecule has 1 fully saturated rings. The van der Waals surface area contributed by atoms with Crippen LogP contribution in [0.25, 0.3) is 6.08 Å². The molecule has 1 aliphatic rings. The van der Waals surface area contributed by atoms with Gasteiger partial charge in [-0.3, -0.25) is 9.69 Å². The van der Waals surface area contributed by atoms with Gasteiger partial charge in [0, 0.05) is 11.6 Å². The van der Waals surface area contributed by atoms with Gasteiger partial charge in [0.15, 0.2) is 15.8 Å². The van der Waals surface area contributed by atoms with Crippen LogP contribution in [0.3, 0.4) is 0 Å². The maximum absolute atomic E-state index is 12.9. The molecule has 0 aliphatic carbocycles. The first-order valence-corrected chi connectivity index (χ1v) is 8.94. The second-order valence-electron chi connectivity index (χ2n) is 5.30. The van der Waals surface area contributed by atoms with Crippen molar-refractivity contribution < 1.29 is 19.0 Å². The number of anilines is 1. The number of methoxy groups -OCH3 is 3. The number of hydrogen-bond donors (Lipinski definition) is 0. The Kier molecular flexibility index (Phi) is 5.49. The van der Waals surface area contributed by atoms with Crippen molar-refractivity contribution in [3.63, 3.8) is 0 Å². The van der Waals surface area contributed by atoms with Crippen LogP contribution < -0.4 is 19.1 Å². The van der Waals surface area contributed by atoms with E-state index in [1.807, 2.05) is 30.3 Å². The van der Waals surface area contributed by atoms with Crippen LogP contribution in [0.5, 0.6) is 17.2 Å². The third-order valence-electron chi connectivity index (χ3n) is 3.83. The SMILES string of the molecule is COc1cccc(N2C(=O)/C(=C\c3cccc(OC)c3OC)SC2=S)c1. The zero-order chi connectivity index (χ0) is 18.7. The smallest absolute Gasteiger partial charge is 0.270 e. The zero-order valence-corrected chi connectivity index (χ0v) is 16.1. The lowest BCUT2D eigenvalue weighted by Gasteiger charge is -2.15. The Morgan fingerprint density at radius 2 is 1.81 bits per heavy atom. The molecule has 0 saturated carbocycles. The van der Waals surface area contributed by atoms with E-state index < -0.39 is 0 Å². The van der Waals surface area contributed by atoms with Crippen molar-refractivity contribution in [2.75, 3.05) is 26.2 Å². The summed E-state index contributed by atoms with van der Waals surface area (Å²) >= 11 is 6.66. The number of amides is 1. The summed E-state index contributed by atoms with van der Waals surface area (Å²) in [4.78, 5) is 14.9. The second kappa shape index (κ2) is 7.80. The van der Waals surface area contributed by atoms with E-state index in [2.05, 4.69) is 0 Å². The summed E-state index contributed by atoms with van der Waals surface area (Å²) in [5.74, 6) is 1.65. The molecule has 0 atom stereocenters. The molecular weight excluding hydrogens is 370 g/mol. The highest BCUT2D eigenvalue weighted by molar-refractivity contribution is 8.27. The minimum Gasteiger partial charge on any atom is -0.497 e. The molecule has 0 spiro atoms. The molecule has 1 saturated heterocycles. The normalized spacial score (nSPS) is 15.5. The van der Waals surface area contributed by atoms with Crippen LogP contribution >= 0.6 is 24.0 Å². The lowest BCUT2D eigenvalue weighted by atomic mass is 10.1. The first-order valence-electron chi connectivity index (χ1n) is 7.72. The summed E-state index contributed by atoms with van der Waals surface area (Å²) in [6, 6.07) is 12.7. The van der Waals surface area contributed by atoms with Crippen molar-refractivity contribution >= 4 is 46.0 Å². The van der Waals surface area contributed by atoms with E-state index in [1.165, 1.54) is 16.7 Å². The Bertz CT molecular complexity index is 895. The molecule has 0 bridgehead atoms. The van der Waals surface area contributed by atoms with Gasteiger partial charge in [-0.1, -0.05) is 42.2 Å². The first-order chi connectivity index (χ1) is 12.6. The molecule has 2 aromatic carbocycles. The van der Waals surface area contributed by atoms with Crippen LogP contribution in [0.2, 0.25) is 0 Å². The van der Waals surface area contributed by atoms with E-state index in [1.54, 1.807) is 39.5 Å². The average Bonchev–Trinajstić information content (AvgIpc) is 2.94. The van der Waals surface area contributed by atoms with Gasteiger partial charge in [0.25, 0.3) is 5.91 Å². The molecule has 0 aromatic heterocycles. The molecule has 2 aromatic rings. The number of hydrogen-bond acceptors (Lipinski definition) is 6. The summed E-state index contributed by atoms with van der Waals surface area (Å²) in [7, 11) is 4.72. The number of ether oxygens (including phenoxy) is 3. The van der Waals surface area contributed by atoms with Gasteiger partial charge in [-0.05, 0) is 24.3 Å². The fourth-order valence-corrected chi connectivity index (χ4v) is 3.90. The standard InChI is InChI=1S/C19H17NO4S2/c1-22-14-8-5-7-13(11-14)20-18(21)16(26-19(20)25)10-12-6-4-9-15(23-2)17(12)24-3/h4-11H,1-3H3/b16-10+. The predicted molar refractivity (Wildman–Crippen MR) is 108 cm³/mol. The molecule has 3 rings (SSSR count). The Balaban J connectivity index is 1.98. The Hall–Kier alpha value is -2.51. The molecule has 1 heterocycles. The van der Waals surface area contributed by atoms with Crippen molar-refractivity contribution in [1.29, 1.82) is 0 Å². The average molecular weight is 387 g/mol. The highest BCUT2D eigenvalue weighted by Crippen LogP contribution is 2.39. The monoisotopic (exact) mass is 387 g/mol. The van der Waals surface area contributed by atoms with Crippen molar-refractivity contribution in [3.05, 3.63) is 52.9 Å². The number of nitrogens with zero attached hydrogens (tertiary/aromatic N) is 1. The van der Waals surface area contributed by atoms with Crippen molar-refractivity contribution in [3.8, 4) is 17.2 Å². The highest BCUT2D eigenvalue weighted by Gasteiger charge is 2.33. The number of thioether (sulfide) groups is 1. The maximum Gasteiger partial charge on any atom is 0.270 e. The van der Waals surface area contributed by atoms with Crippen LogP contribution in [0, 0.1) is 0 Å². The van der Waals surface area contributed by atoms with E-state index in [9.17, 15) is 4.79 Å². The first kappa shape index (κ1) is 18.3. The molecule has 134 valence electrons. The van der Waals surface area contributed by atoms with Gasteiger partial charge in [0.05, 0.1) is 31.9 Å². The topological polar surface area (TPSA) is 48.0 Å². The van der Waals surface area contributed by atoms with Gasteiger partial charge in [0.2, 0.25) is 0 Å². The Labute approximate surface area is 161 Å². The number of carbonyl (C=O) groups excluding carboxylic acids is 1. The molecule has 0 radical (unpaired) electrons. The molecule has 1 amide bonds. The molecule has 0 N–H and O–H groups in total. The molecule has 1 aliphatic heterocycles. The van der Waals surface area contributed by atoms with Crippen LogP contribution in [0.4, 0.5) is 5.69 Å². The van der Waals surface area contributed by atoms with Crippen molar-refractivity contribution in [1.82, 2.24) is 0 Å². The van der Waals surface area contributed by atoms with Crippen molar-refractivity contribution in [2.24, 2.45) is 0 Å². The second-order valence-corrected chi connectivity index (χ2v) is 6.98. The quantitative estimate of drug-likeness (QED) is 0.568. The summed E-state index contributed by atoms with van der Waals surface area (Å²) < 4.78 is 16.4. The van der Waals surface area contributed by atoms with Gasteiger partial charge >= 0.3 is 0 Å². The highest BCUT2D eigenvalue weighted by atomic mass is 32.2. The third-order valence-corrected chi connectivity index (χ3v) is 5.13. The molecule has 26 heavy (non-hydrogen) atoms. The van der Waals surface area contributed by atoms with Gasteiger partial charge in [-0.2, -0.15) is 0 Å². The molecule has 7 heteroatoms. The third kappa shape index (κ3) is 3.40. The Morgan fingerprint density at radius 3 is 2.50 bits per heavy atom. The largest absolute Gasteiger partial charge is 0.497 e. The van der Waals surface area contributed by atoms with Crippen LogP contribution in [0.15, 0.2) is 47.4 Å². The minimum absolute atomic E-state index is 0.182. The van der Waals surface area contributed by atoms with Crippen LogP contribution in [-0.2, 0) is 4.79 Å². The molecule has 5 nitrogen and oxygen atoms in total. The summed E-state index contributed by atoms with van der Waals surface area (Å²) in [6.45, 7) is 0. The van der Waals surface area contributed by atoms with Gasteiger partial charge in [-0.15, -0.1) is 0 Å². The number of benzene rings is 2. The van der Waals surface area contributed by atoms with E-state index in [4.69, 9.17) is 26.4 Å². The minimum atomic E-state index is -0.182. The van der Waals surface area contributed by atoms with Gasteiger partial charge < -0.3 is 14.2 Å². The fourth-order valence-electron chi connectivity index (χ4n) is 2.61. The summed E-state index contributed by atoms with van der Waals surface area (Å²) in [6.07, 6.45) is 1.76. The zero-order valence-electron chi connectivity index (χ0n) is 14.5. The maximum atomic E-state index is 12.9. The van der Waals surface area contributed by atoms with E-state index in [0.29, 0.717) is 32.2 Å². The fraction of sp³-hybridized carbons (Fsp3) is 0.158. The van der Waals surface area contributed by atoms with Gasteiger partial charge in [-0.25, -0.2) is 0 Å². The number of thiocarbonyl (C=S) groups is 1. The number of rotatable bonds is 5. The predicted octanol–water partition coefficient (Wildman–Crippen LogP) is 4.12. The van der Waals surface area contributed by atoms with Crippen LogP contribution in [0.1, 0.15) is 5.56 Å². The summed E-state index contributed by atoms with van der Waals surface area (Å²) in [5, 5.41) is 0. The van der Waals surface area contributed by atoms with Crippen molar-refractivity contribution in [2.45, 2.75) is 0 Å². The van der Waals surface area contributed by atoms with Crippen LogP contribution in [-0.4, -0.2) is 31.6 Å². The molecular formula is C19H17NO4S2. The summed E-state index contributed by atoms with van der Waals surface area (Å²) in [5.41, 5.74) is 1.42. The number of para-hydroxylation sites is 1. The van der Waals surface area contributed by atoms with E-state index >= 15 is 0 Å². The molecule has 0 unspecified atom stereocenters. The lowest BCUT2D eigenvalue weighted by Crippen LogP contribution is -2.27. The van der Waals surface area contributed by atoms with E-state index in [0.717, 1.165) is 5.56 Å². The van der Waals surface area contributed by atoms with E-state index in [-0.39, 0.29) is 5.91 Å². The number of carbonyl (C=O) groups is 1. The lowest BCUT2D eigenvalue weighted by molar-refractivity contribution is -0.113.